The first kappa shape index (κ1) is 20.2. The third-order valence-corrected chi connectivity index (χ3v) is 3.20. The van der Waals surface area contributed by atoms with Crippen LogP contribution in [0.4, 0.5) is 5.69 Å². The molecule has 0 radical (unpaired) electrons. The van der Waals surface area contributed by atoms with E-state index in [0.717, 1.165) is 12.5 Å². The minimum absolute atomic E-state index is 0.124. The highest BCUT2D eigenvalue weighted by Gasteiger charge is 2.28. The van der Waals surface area contributed by atoms with E-state index in [9.17, 15) is 19.7 Å². The number of carbonyl (C=O) groups excluding carboxylic acids is 2. The van der Waals surface area contributed by atoms with Gasteiger partial charge in [0.2, 0.25) is 0 Å². The Kier molecular flexibility index (Phi) is 7.64. The molecule has 1 aromatic rings. The Balaban J connectivity index is 3.12. The highest BCUT2D eigenvalue weighted by molar-refractivity contribution is 5.96. The first-order chi connectivity index (χ1) is 11.8. The third kappa shape index (κ3) is 5.33. The highest BCUT2D eigenvalue weighted by Crippen LogP contribution is 2.35. The van der Waals surface area contributed by atoms with E-state index in [2.05, 4.69) is 5.32 Å². The number of carbonyl (C=O) groups is 2. The molecule has 9 nitrogen and oxygen atoms in total. The molecule has 0 aromatic heterocycles. The molecule has 9 heteroatoms. The molecule has 138 valence electrons. The molecule has 0 aliphatic rings. The van der Waals surface area contributed by atoms with Crippen molar-refractivity contribution in [1.82, 2.24) is 5.32 Å². The maximum Gasteiger partial charge on any atom is 0.346 e. The average Bonchev–Trinajstić information content (AvgIpc) is 2.59. The minimum Gasteiger partial charge on any atom is -0.493 e. The molecule has 0 saturated carbocycles. The summed E-state index contributed by atoms with van der Waals surface area (Å²) in [4.78, 5) is 34.6. The number of nitro benzene ring substituents is 1. The maximum absolute atomic E-state index is 12.3. The van der Waals surface area contributed by atoms with Gasteiger partial charge in [-0.2, -0.15) is 0 Å². The number of methoxy groups -OCH3 is 1. The Labute approximate surface area is 145 Å². The fourth-order valence-electron chi connectivity index (χ4n) is 1.96. The number of benzene rings is 1. The second-order valence-corrected chi connectivity index (χ2v) is 5.05. The summed E-state index contributed by atoms with van der Waals surface area (Å²) < 4.78 is 15.4. The van der Waals surface area contributed by atoms with E-state index in [-0.39, 0.29) is 23.7 Å². The molecule has 1 unspecified atom stereocenters. The molecule has 1 amide bonds. The quantitative estimate of drug-likeness (QED) is 0.410. The molecule has 0 heterocycles. The number of nitrogens with one attached hydrogen (secondary N) is 1. The van der Waals surface area contributed by atoms with Crippen LogP contribution >= 0.6 is 0 Å². The molecule has 0 saturated heterocycles. The molecule has 0 bridgehead atoms. The molecule has 0 aliphatic heterocycles. The number of ether oxygens (including phenoxy) is 3. The summed E-state index contributed by atoms with van der Waals surface area (Å²) >= 11 is 0. The molecule has 0 spiro atoms. The molecule has 25 heavy (non-hydrogen) atoms. The lowest BCUT2D eigenvalue weighted by Gasteiger charge is -2.15. The number of nitrogens with zero attached hydrogens (tertiary/aromatic N) is 1. The SMILES string of the molecule is CCCNC(=O)C(C)OC(=O)c1cc(OCC)c(OC)cc1[N+](=O)[O-]. The topological polar surface area (TPSA) is 117 Å². The molecule has 0 fully saturated rings. The van der Waals surface area contributed by atoms with E-state index >= 15 is 0 Å². The van der Waals surface area contributed by atoms with Crippen LogP contribution in [-0.4, -0.2) is 43.2 Å². The van der Waals surface area contributed by atoms with Crippen molar-refractivity contribution in [2.75, 3.05) is 20.3 Å². The van der Waals surface area contributed by atoms with Gasteiger partial charge in [-0.1, -0.05) is 6.92 Å². The van der Waals surface area contributed by atoms with Crippen molar-refractivity contribution >= 4 is 17.6 Å². The van der Waals surface area contributed by atoms with Gasteiger partial charge in [0.15, 0.2) is 17.6 Å². The normalized spacial score (nSPS) is 11.4. The monoisotopic (exact) mass is 354 g/mol. The second-order valence-electron chi connectivity index (χ2n) is 5.05. The summed E-state index contributed by atoms with van der Waals surface area (Å²) in [6, 6.07) is 2.27. The van der Waals surface area contributed by atoms with Gasteiger partial charge in [0, 0.05) is 12.6 Å². The standard InChI is InChI=1S/C16H22N2O7/c1-5-7-17-15(19)10(3)25-16(20)11-8-14(24-6-2)13(23-4)9-12(11)18(21)22/h8-10H,5-7H2,1-4H3,(H,17,19). The Morgan fingerprint density at radius 1 is 1.28 bits per heavy atom. The summed E-state index contributed by atoms with van der Waals surface area (Å²) in [5.74, 6) is -1.17. The summed E-state index contributed by atoms with van der Waals surface area (Å²) in [5, 5.41) is 13.8. The van der Waals surface area contributed by atoms with Gasteiger partial charge in [0.05, 0.1) is 24.7 Å². The van der Waals surface area contributed by atoms with E-state index < -0.39 is 28.6 Å². The summed E-state index contributed by atoms with van der Waals surface area (Å²) in [7, 11) is 1.33. The van der Waals surface area contributed by atoms with Crippen molar-refractivity contribution < 1.29 is 28.7 Å². The first-order valence-corrected chi connectivity index (χ1v) is 7.83. The van der Waals surface area contributed by atoms with Crippen molar-refractivity contribution in [3.63, 3.8) is 0 Å². The zero-order valence-corrected chi connectivity index (χ0v) is 14.7. The second kappa shape index (κ2) is 9.45. The van der Waals surface area contributed by atoms with Crippen LogP contribution in [0.3, 0.4) is 0 Å². The Morgan fingerprint density at radius 3 is 2.48 bits per heavy atom. The Morgan fingerprint density at radius 2 is 1.96 bits per heavy atom. The lowest BCUT2D eigenvalue weighted by atomic mass is 10.1. The average molecular weight is 354 g/mol. The van der Waals surface area contributed by atoms with Gasteiger partial charge in [-0.15, -0.1) is 0 Å². The largest absolute Gasteiger partial charge is 0.493 e. The molecule has 1 atom stereocenters. The van der Waals surface area contributed by atoms with Crippen LogP contribution in [0, 0.1) is 10.1 Å². The fraction of sp³-hybridized carbons (Fsp3) is 0.500. The molecule has 1 aromatic carbocycles. The number of nitro groups is 1. The smallest absolute Gasteiger partial charge is 0.346 e. The minimum atomic E-state index is -1.09. The van der Waals surface area contributed by atoms with Crippen molar-refractivity contribution in [2.24, 2.45) is 0 Å². The van der Waals surface area contributed by atoms with Crippen molar-refractivity contribution in [3.8, 4) is 11.5 Å². The third-order valence-electron chi connectivity index (χ3n) is 3.20. The molecular formula is C16H22N2O7. The van der Waals surface area contributed by atoms with Crippen LogP contribution in [0.1, 0.15) is 37.6 Å². The maximum atomic E-state index is 12.3. The van der Waals surface area contributed by atoms with Gasteiger partial charge in [-0.25, -0.2) is 4.79 Å². The van der Waals surface area contributed by atoms with E-state index in [1.807, 2.05) is 6.92 Å². The van der Waals surface area contributed by atoms with E-state index in [1.165, 1.54) is 20.1 Å². The van der Waals surface area contributed by atoms with Crippen LogP contribution in [0.15, 0.2) is 12.1 Å². The number of amides is 1. The summed E-state index contributed by atoms with van der Waals surface area (Å²) in [5.41, 5.74) is -0.809. The number of hydrogen-bond donors (Lipinski definition) is 1. The first-order valence-electron chi connectivity index (χ1n) is 7.83. The van der Waals surface area contributed by atoms with E-state index in [0.29, 0.717) is 6.54 Å². The van der Waals surface area contributed by atoms with Gasteiger partial charge in [-0.05, 0) is 20.3 Å². The molecule has 0 aliphatic carbocycles. The zero-order valence-electron chi connectivity index (χ0n) is 14.7. The van der Waals surface area contributed by atoms with Crippen LogP contribution in [0.25, 0.3) is 0 Å². The van der Waals surface area contributed by atoms with E-state index in [1.54, 1.807) is 6.92 Å². The van der Waals surface area contributed by atoms with Crippen LogP contribution in [0.5, 0.6) is 11.5 Å². The summed E-state index contributed by atoms with van der Waals surface area (Å²) in [6.45, 7) is 5.71. The van der Waals surface area contributed by atoms with Gasteiger partial charge >= 0.3 is 5.97 Å². The van der Waals surface area contributed by atoms with Gasteiger partial charge in [-0.3, -0.25) is 14.9 Å². The Bertz CT molecular complexity index is 646. The Hall–Kier alpha value is -2.84. The van der Waals surface area contributed by atoms with Crippen LogP contribution in [0.2, 0.25) is 0 Å². The fourth-order valence-corrected chi connectivity index (χ4v) is 1.96. The van der Waals surface area contributed by atoms with Crippen molar-refractivity contribution in [3.05, 3.63) is 27.8 Å². The van der Waals surface area contributed by atoms with Gasteiger partial charge < -0.3 is 19.5 Å². The summed E-state index contributed by atoms with van der Waals surface area (Å²) in [6.07, 6.45) is -0.357. The van der Waals surface area contributed by atoms with Crippen LogP contribution in [-0.2, 0) is 9.53 Å². The van der Waals surface area contributed by atoms with Crippen LogP contribution < -0.4 is 14.8 Å². The van der Waals surface area contributed by atoms with Crippen molar-refractivity contribution in [2.45, 2.75) is 33.3 Å². The van der Waals surface area contributed by atoms with E-state index in [4.69, 9.17) is 14.2 Å². The highest BCUT2D eigenvalue weighted by atomic mass is 16.6. The zero-order chi connectivity index (χ0) is 19.0. The lowest BCUT2D eigenvalue weighted by molar-refractivity contribution is -0.385. The molecule has 1 rings (SSSR count). The predicted molar refractivity (Wildman–Crippen MR) is 89.0 cm³/mol. The van der Waals surface area contributed by atoms with Crippen molar-refractivity contribution in [1.29, 1.82) is 0 Å². The lowest BCUT2D eigenvalue weighted by Crippen LogP contribution is -2.36. The molecular weight excluding hydrogens is 332 g/mol. The number of hydrogen-bond acceptors (Lipinski definition) is 7. The van der Waals surface area contributed by atoms with Gasteiger partial charge in [0.25, 0.3) is 11.6 Å². The molecule has 1 N–H and O–H groups in total. The van der Waals surface area contributed by atoms with Gasteiger partial charge in [0.1, 0.15) is 5.56 Å². The number of esters is 1. The predicted octanol–water partition coefficient (Wildman–Crippen LogP) is 2.07. The number of rotatable bonds is 9.